The third kappa shape index (κ3) is 5.70. The quantitative estimate of drug-likeness (QED) is 0.398. The zero-order chi connectivity index (χ0) is 22.5. The largest absolute Gasteiger partial charge is 0.481 e. The standard InChI is InChI=1S/C21H21Cl2FN4O2S/c1-4-28-19(12(2)30-18-8-6-5-7-15(18)22)26-27-21(28)31-13(3)20(29)25-14-9-10-17(24)16(23)11-14/h5-13H,4H2,1-3H3,(H,25,29). The fourth-order valence-corrected chi connectivity index (χ4v) is 4.08. The van der Waals surface area contributed by atoms with Crippen molar-refractivity contribution in [2.45, 2.75) is 43.8 Å². The second-order valence-corrected chi connectivity index (χ2v) is 8.78. The van der Waals surface area contributed by atoms with Crippen molar-refractivity contribution in [3.8, 4) is 5.75 Å². The molecule has 0 radical (unpaired) electrons. The number of halogens is 3. The molecule has 0 aliphatic carbocycles. The van der Waals surface area contributed by atoms with Crippen LogP contribution in [0, 0.1) is 5.82 Å². The van der Waals surface area contributed by atoms with Crippen LogP contribution in [-0.4, -0.2) is 25.9 Å². The molecule has 1 N–H and O–H groups in total. The van der Waals surface area contributed by atoms with Gasteiger partial charge in [-0.3, -0.25) is 4.79 Å². The van der Waals surface area contributed by atoms with Gasteiger partial charge in [-0.25, -0.2) is 4.39 Å². The molecule has 2 atom stereocenters. The highest BCUT2D eigenvalue weighted by Gasteiger charge is 2.23. The van der Waals surface area contributed by atoms with Gasteiger partial charge >= 0.3 is 0 Å². The summed E-state index contributed by atoms with van der Waals surface area (Å²) in [7, 11) is 0. The molecule has 0 bridgehead atoms. The molecule has 0 saturated heterocycles. The molecule has 3 rings (SSSR count). The van der Waals surface area contributed by atoms with E-state index in [9.17, 15) is 9.18 Å². The number of benzene rings is 2. The second kappa shape index (κ2) is 10.3. The van der Waals surface area contributed by atoms with Gasteiger partial charge in [-0.05, 0) is 51.1 Å². The highest BCUT2D eigenvalue weighted by molar-refractivity contribution is 8.00. The highest BCUT2D eigenvalue weighted by Crippen LogP contribution is 2.30. The number of carbonyl (C=O) groups is 1. The molecule has 0 fully saturated rings. The first-order valence-corrected chi connectivity index (χ1v) is 11.2. The molecule has 1 aromatic heterocycles. The van der Waals surface area contributed by atoms with Crippen molar-refractivity contribution in [1.82, 2.24) is 14.8 Å². The van der Waals surface area contributed by atoms with E-state index in [0.717, 1.165) is 0 Å². The molecular formula is C21H21Cl2FN4O2S. The van der Waals surface area contributed by atoms with Crippen molar-refractivity contribution >= 4 is 46.6 Å². The summed E-state index contributed by atoms with van der Waals surface area (Å²) in [6.45, 7) is 6.18. The lowest BCUT2D eigenvalue weighted by Crippen LogP contribution is -2.23. The van der Waals surface area contributed by atoms with Gasteiger partial charge in [0.15, 0.2) is 17.1 Å². The maximum Gasteiger partial charge on any atom is 0.237 e. The van der Waals surface area contributed by atoms with Crippen LogP contribution in [0.2, 0.25) is 10.0 Å². The number of nitrogens with one attached hydrogen (secondary N) is 1. The SMILES string of the molecule is CCn1c(SC(C)C(=O)Nc2ccc(F)c(Cl)c2)nnc1C(C)Oc1ccccc1Cl. The molecule has 6 nitrogen and oxygen atoms in total. The number of thioether (sulfide) groups is 1. The fraction of sp³-hybridized carbons (Fsp3) is 0.286. The van der Waals surface area contributed by atoms with Crippen molar-refractivity contribution in [2.75, 3.05) is 5.32 Å². The predicted molar refractivity (Wildman–Crippen MR) is 122 cm³/mol. The zero-order valence-electron chi connectivity index (χ0n) is 17.1. The number of rotatable bonds is 8. The Morgan fingerprint density at radius 2 is 1.94 bits per heavy atom. The minimum atomic E-state index is -0.543. The second-order valence-electron chi connectivity index (χ2n) is 6.65. The lowest BCUT2D eigenvalue weighted by Gasteiger charge is -2.17. The van der Waals surface area contributed by atoms with Crippen LogP contribution in [0.5, 0.6) is 5.75 Å². The normalized spacial score (nSPS) is 13.0. The summed E-state index contributed by atoms with van der Waals surface area (Å²) in [4.78, 5) is 12.6. The molecule has 31 heavy (non-hydrogen) atoms. The number of amides is 1. The lowest BCUT2D eigenvalue weighted by atomic mass is 10.3. The fourth-order valence-electron chi connectivity index (χ4n) is 2.80. The maximum absolute atomic E-state index is 13.3. The molecule has 0 saturated carbocycles. The van der Waals surface area contributed by atoms with Crippen molar-refractivity contribution in [3.63, 3.8) is 0 Å². The first-order valence-electron chi connectivity index (χ1n) is 9.57. The summed E-state index contributed by atoms with van der Waals surface area (Å²) >= 11 is 13.2. The van der Waals surface area contributed by atoms with E-state index < -0.39 is 17.2 Å². The average Bonchev–Trinajstić information content (AvgIpc) is 3.15. The van der Waals surface area contributed by atoms with E-state index in [4.69, 9.17) is 27.9 Å². The van der Waals surface area contributed by atoms with Crippen LogP contribution in [0.15, 0.2) is 47.6 Å². The van der Waals surface area contributed by atoms with E-state index in [1.54, 1.807) is 19.1 Å². The van der Waals surface area contributed by atoms with E-state index in [0.29, 0.717) is 34.0 Å². The lowest BCUT2D eigenvalue weighted by molar-refractivity contribution is -0.115. The number of hydrogen-bond donors (Lipinski definition) is 1. The van der Waals surface area contributed by atoms with Gasteiger partial charge in [-0.2, -0.15) is 0 Å². The first kappa shape index (κ1) is 23.4. The van der Waals surface area contributed by atoms with Crippen LogP contribution in [0.3, 0.4) is 0 Å². The van der Waals surface area contributed by atoms with Crippen LogP contribution in [0.25, 0.3) is 0 Å². The number of para-hydroxylation sites is 1. The molecule has 2 unspecified atom stereocenters. The summed E-state index contributed by atoms with van der Waals surface area (Å²) in [5.41, 5.74) is 0.420. The summed E-state index contributed by atoms with van der Waals surface area (Å²) in [5, 5.41) is 11.8. The number of aromatic nitrogens is 3. The number of nitrogens with zero attached hydrogens (tertiary/aromatic N) is 3. The number of hydrogen-bond acceptors (Lipinski definition) is 5. The van der Waals surface area contributed by atoms with E-state index in [1.807, 2.05) is 30.5 Å². The van der Waals surface area contributed by atoms with E-state index in [1.165, 1.54) is 30.0 Å². The maximum atomic E-state index is 13.3. The molecular weight excluding hydrogens is 462 g/mol. The Morgan fingerprint density at radius 1 is 1.19 bits per heavy atom. The minimum absolute atomic E-state index is 0.0546. The van der Waals surface area contributed by atoms with Crippen molar-refractivity contribution in [3.05, 3.63) is 64.2 Å². The summed E-state index contributed by atoms with van der Waals surface area (Å²) in [5.74, 6) is 0.379. The number of carbonyl (C=O) groups excluding carboxylic acids is 1. The summed E-state index contributed by atoms with van der Waals surface area (Å²) in [6.07, 6.45) is -0.396. The Balaban J connectivity index is 1.70. The van der Waals surface area contributed by atoms with Crippen molar-refractivity contribution in [1.29, 1.82) is 0 Å². The van der Waals surface area contributed by atoms with E-state index in [-0.39, 0.29) is 10.9 Å². The molecule has 1 amide bonds. The third-order valence-electron chi connectivity index (χ3n) is 4.40. The van der Waals surface area contributed by atoms with Crippen molar-refractivity contribution < 1.29 is 13.9 Å². The van der Waals surface area contributed by atoms with Gasteiger partial charge in [-0.1, -0.05) is 47.1 Å². The zero-order valence-corrected chi connectivity index (χ0v) is 19.4. The third-order valence-corrected chi connectivity index (χ3v) is 6.09. The van der Waals surface area contributed by atoms with Crippen LogP contribution in [0.1, 0.15) is 32.7 Å². The molecule has 2 aromatic carbocycles. The molecule has 3 aromatic rings. The smallest absolute Gasteiger partial charge is 0.237 e. The van der Waals surface area contributed by atoms with Gasteiger partial charge in [0.2, 0.25) is 5.91 Å². The molecule has 164 valence electrons. The Labute approximate surface area is 194 Å². The van der Waals surface area contributed by atoms with Gasteiger partial charge in [0.1, 0.15) is 11.6 Å². The topological polar surface area (TPSA) is 69.0 Å². The molecule has 0 aliphatic rings. The number of anilines is 1. The minimum Gasteiger partial charge on any atom is -0.481 e. The van der Waals surface area contributed by atoms with Gasteiger partial charge in [0.25, 0.3) is 0 Å². The van der Waals surface area contributed by atoms with Crippen molar-refractivity contribution in [2.24, 2.45) is 0 Å². The molecule has 0 spiro atoms. The Hall–Kier alpha value is -2.29. The van der Waals surface area contributed by atoms with E-state index >= 15 is 0 Å². The summed E-state index contributed by atoms with van der Waals surface area (Å²) < 4.78 is 21.2. The average molecular weight is 483 g/mol. The van der Waals surface area contributed by atoms with Crippen LogP contribution < -0.4 is 10.1 Å². The summed E-state index contributed by atoms with van der Waals surface area (Å²) in [6, 6.07) is 11.2. The van der Waals surface area contributed by atoms with E-state index in [2.05, 4.69) is 15.5 Å². The van der Waals surface area contributed by atoms with Crippen LogP contribution in [0.4, 0.5) is 10.1 Å². The number of ether oxygens (including phenoxy) is 1. The van der Waals surface area contributed by atoms with Gasteiger partial charge in [0.05, 0.1) is 15.3 Å². The predicted octanol–water partition coefficient (Wildman–Crippen LogP) is 6.00. The Bertz CT molecular complexity index is 1080. The highest BCUT2D eigenvalue weighted by atomic mass is 35.5. The molecule has 10 heteroatoms. The first-order chi connectivity index (χ1) is 14.8. The van der Waals surface area contributed by atoms with Crippen LogP contribution >= 0.6 is 35.0 Å². The molecule has 1 heterocycles. The van der Waals surface area contributed by atoms with Gasteiger partial charge < -0.3 is 14.6 Å². The Morgan fingerprint density at radius 3 is 2.61 bits per heavy atom. The monoisotopic (exact) mass is 482 g/mol. The van der Waals surface area contributed by atoms with Gasteiger partial charge in [-0.15, -0.1) is 10.2 Å². The molecule has 0 aliphatic heterocycles. The van der Waals surface area contributed by atoms with Gasteiger partial charge in [0, 0.05) is 12.2 Å². The Kier molecular flexibility index (Phi) is 7.80. The van der Waals surface area contributed by atoms with Crippen LogP contribution in [-0.2, 0) is 11.3 Å².